The number of hydrogen-bond acceptors (Lipinski definition) is 14. The number of aliphatic carboxylic acids is 1. The predicted molar refractivity (Wildman–Crippen MR) is 126 cm³/mol. The minimum Gasteiger partial charge on any atom is -0.477 e. The van der Waals surface area contributed by atoms with Crippen molar-refractivity contribution in [3.8, 4) is 0 Å². The number of aromatic nitrogens is 3. The van der Waals surface area contributed by atoms with Crippen LogP contribution in [0.1, 0.15) is 10.7 Å². The normalized spacial score (nSPS) is 20.3. The molecule has 0 bridgehead atoms. The lowest BCUT2D eigenvalue weighted by atomic mass is 10.0. The Balaban J connectivity index is 1.55. The van der Waals surface area contributed by atoms with Crippen molar-refractivity contribution in [2.75, 3.05) is 24.3 Å². The number of amides is 2. The number of sulfone groups is 1. The zero-order valence-corrected chi connectivity index (χ0v) is 21.3. The second kappa shape index (κ2) is 9.51. The molecule has 18 heteroatoms. The molecule has 4 rings (SSSR count). The zero-order chi connectivity index (χ0) is 25.5. The minimum absolute atomic E-state index is 0.0150. The van der Waals surface area contributed by atoms with Gasteiger partial charge in [-0.1, -0.05) is 16.5 Å². The molecule has 0 unspecified atom stereocenters. The lowest BCUT2D eigenvalue weighted by Crippen LogP contribution is -2.71. The van der Waals surface area contributed by atoms with Crippen LogP contribution in [0.5, 0.6) is 0 Å². The van der Waals surface area contributed by atoms with E-state index < -0.39 is 50.5 Å². The van der Waals surface area contributed by atoms with Crippen LogP contribution in [0.15, 0.2) is 26.1 Å². The molecule has 2 atom stereocenters. The summed E-state index contributed by atoms with van der Waals surface area (Å²) in [7, 11) is -2.73. The van der Waals surface area contributed by atoms with Crippen LogP contribution < -0.4 is 11.1 Å². The van der Waals surface area contributed by atoms with E-state index in [-0.39, 0.29) is 32.2 Å². The monoisotopic (exact) mass is 559 g/mol. The van der Waals surface area contributed by atoms with Gasteiger partial charge in [0.1, 0.15) is 34.9 Å². The Bertz CT molecular complexity index is 1380. The first-order valence-corrected chi connectivity index (χ1v) is 14.0. The molecule has 2 aliphatic heterocycles. The number of thiazole rings is 1. The van der Waals surface area contributed by atoms with Gasteiger partial charge < -0.3 is 21.0 Å². The maximum Gasteiger partial charge on any atom is 0.352 e. The van der Waals surface area contributed by atoms with Gasteiger partial charge in [-0.2, -0.15) is 0 Å². The van der Waals surface area contributed by atoms with Crippen molar-refractivity contribution in [3.63, 3.8) is 0 Å². The van der Waals surface area contributed by atoms with E-state index in [2.05, 4.69) is 25.7 Å². The molecular weight excluding hydrogens is 542 g/mol. The van der Waals surface area contributed by atoms with Crippen molar-refractivity contribution >= 4 is 72.9 Å². The van der Waals surface area contributed by atoms with Gasteiger partial charge in [0.05, 0.1) is 5.75 Å². The Morgan fingerprint density at radius 3 is 2.71 bits per heavy atom. The van der Waals surface area contributed by atoms with Crippen LogP contribution in [-0.4, -0.2) is 87.1 Å². The fraction of sp³-hybridized carbons (Fsp3) is 0.353. The topological polar surface area (TPSA) is 207 Å². The number of nitrogens with zero attached hydrogens (tertiary/aromatic N) is 5. The van der Waals surface area contributed by atoms with Crippen LogP contribution in [0.3, 0.4) is 0 Å². The summed E-state index contributed by atoms with van der Waals surface area (Å²) in [4.78, 5) is 47.3. The second-order valence-corrected chi connectivity index (χ2v) is 12.5. The number of anilines is 1. The molecule has 2 aromatic heterocycles. The first-order valence-electron chi connectivity index (χ1n) is 9.59. The Hall–Kier alpha value is -3.09. The molecule has 0 radical (unpaired) electrons. The molecule has 1 fully saturated rings. The largest absolute Gasteiger partial charge is 0.477 e. The number of carbonyl (C=O) groups excluding carboxylic acids is 2. The second-order valence-electron chi connectivity index (χ2n) is 7.16. The molecule has 0 saturated carbocycles. The summed E-state index contributed by atoms with van der Waals surface area (Å²) in [6, 6.07) is -1.07. The van der Waals surface area contributed by atoms with Crippen LogP contribution in [0.2, 0.25) is 0 Å². The van der Waals surface area contributed by atoms with E-state index in [0.717, 1.165) is 39.3 Å². The Labute approximate surface area is 210 Å². The number of oxime groups is 1. The van der Waals surface area contributed by atoms with Crippen molar-refractivity contribution in [1.29, 1.82) is 0 Å². The first kappa shape index (κ1) is 25.0. The fourth-order valence-electron chi connectivity index (χ4n) is 3.39. The standard InChI is InChI=1S/C17H17N7O7S4/c1-6-21-22-17(34-6)35(29,30)5-7-3-32-14-10(13(26)24(14)11(7)15(27)28)20-12(25)9(23-31-2)8-4-33-16(18)19-8/h4,10,14H,3,5H2,1-2H3,(H2,18,19)(H,20,25)(H,27,28)/b23-9+/t10-,14-/m1/s1. The van der Waals surface area contributed by atoms with Gasteiger partial charge in [-0.05, 0) is 12.5 Å². The Morgan fingerprint density at radius 2 is 2.14 bits per heavy atom. The molecule has 186 valence electrons. The predicted octanol–water partition coefficient (Wildman–Crippen LogP) is -0.552. The molecule has 0 spiro atoms. The van der Waals surface area contributed by atoms with Crippen molar-refractivity contribution < 1.29 is 32.7 Å². The van der Waals surface area contributed by atoms with Gasteiger partial charge in [-0.25, -0.2) is 18.2 Å². The third kappa shape index (κ3) is 4.73. The van der Waals surface area contributed by atoms with E-state index in [0.29, 0.717) is 5.01 Å². The third-order valence-electron chi connectivity index (χ3n) is 4.84. The van der Waals surface area contributed by atoms with Crippen molar-refractivity contribution in [1.82, 2.24) is 25.4 Å². The molecule has 4 heterocycles. The Kier molecular flexibility index (Phi) is 6.80. The van der Waals surface area contributed by atoms with Gasteiger partial charge >= 0.3 is 5.97 Å². The molecular formula is C17H17N7O7S4. The van der Waals surface area contributed by atoms with Crippen LogP contribution in [-0.2, 0) is 29.1 Å². The highest BCUT2D eigenvalue weighted by atomic mass is 32.2. The van der Waals surface area contributed by atoms with E-state index in [4.69, 9.17) is 10.6 Å². The van der Waals surface area contributed by atoms with Crippen molar-refractivity contribution in [3.05, 3.63) is 27.4 Å². The number of carboxylic acid groups (broad SMARTS) is 1. The van der Waals surface area contributed by atoms with Crippen LogP contribution in [0.4, 0.5) is 5.13 Å². The highest BCUT2D eigenvalue weighted by Gasteiger charge is 2.54. The van der Waals surface area contributed by atoms with Gasteiger partial charge in [-0.15, -0.1) is 33.3 Å². The van der Waals surface area contributed by atoms with E-state index in [1.807, 2.05) is 0 Å². The maximum absolute atomic E-state index is 12.9. The molecule has 2 amide bonds. The minimum atomic E-state index is -3.96. The maximum atomic E-state index is 12.9. The number of rotatable bonds is 8. The lowest BCUT2D eigenvalue weighted by molar-refractivity contribution is -0.150. The van der Waals surface area contributed by atoms with E-state index >= 15 is 0 Å². The molecule has 35 heavy (non-hydrogen) atoms. The van der Waals surface area contributed by atoms with Gasteiger partial charge in [0, 0.05) is 11.1 Å². The van der Waals surface area contributed by atoms with Gasteiger partial charge in [0.25, 0.3) is 11.8 Å². The van der Waals surface area contributed by atoms with E-state index in [1.165, 1.54) is 12.5 Å². The zero-order valence-electron chi connectivity index (χ0n) is 18.0. The molecule has 2 aromatic rings. The lowest BCUT2D eigenvalue weighted by Gasteiger charge is -2.49. The number of hydrogen-bond donors (Lipinski definition) is 3. The number of nitrogens with two attached hydrogens (primary N) is 1. The molecule has 0 aliphatic carbocycles. The van der Waals surface area contributed by atoms with Gasteiger partial charge in [0.2, 0.25) is 14.2 Å². The number of aryl methyl sites for hydroxylation is 1. The highest BCUT2D eigenvalue weighted by molar-refractivity contribution is 8.00. The van der Waals surface area contributed by atoms with Crippen LogP contribution in [0.25, 0.3) is 0 Å². The number of fused-ring (bicyclic) bond motifs is 1. The number of β-lactam (4-membered cyclic amide) rings is 1. The number of nitrogen functional groups attached to an aromatic ring is 1. The molecule has 14 nitrogen and oxygen atoms in total. The third-order valence-corrected chi connectivity index (χ3v) is 9.84. The summed E-state index contributed by atoms with van der Waals surface area (Å²) in [5.41, 5.74) is 5.17. The van der Waals surface area contributed by atoms with E-state index in [1.54, 1.807) is 6.92 Å². The summed E-state index contributed by atoms with van der Waals surface area (Å²) < 4.78 is 25.2. The summed E-state index contributed by atoms with van der Waals surface area (Å²) in [6.45, 7) is 1.60. The SMILES string of the molecule is CO/N=C(/C(=O)N[C@@H]1C(=O)N2C(C(=O)O)=C(CS(=O)(=O)c3nnc(C)s3)CS[C@H]12)c1csc(N)n1. The van der Waals surface area contributed by atoms with Crippen LogP contribution >= 0.6 is 34.4 Å². The Morgan fingerprint density at radius 1 is 1.40 bits per heavy atom. The quantitative estimate of drug-likeness (QED) is 0.211. The van der Waals surface area contributed by atoms with Crippen molar-refractivity contribution in [2.45, 2.75) is 22.7 Å². The van der Waals surface area contributed by atoms with Gasteiger partial charge in [0.15, 0.2) is 10.8 Å². The van der Waals surface area contributed by atoms with Crippen molar-refractivity contribution in [2.24, 2.45) is 5.16 Å². The summed E-state index contributed by atoms with van der Waals surface area (Å²) in [6.07, 6.45) is 0. The average molecular weight is 560 g/mol. The van der Waals surface area contributed by atoms with E-state index in [9.17, 15) is 27.9 Å². The average Bonchev–Trinajstić information content (AvgIpc) is 3.43. The highest BCUT2D eigenvalue weighted by Crippen LogP contribution is 2.41. The van der Waals surface area contributed by atoms with Crippen LogP contribution in [0, 0.1) is 6.92 Å². The number of carbonyl (C=O) groups is 3. The number of carboxylic acids is 1. The molecule has 4 N–H and O–H groups in total. The smallest absolute Gasteiger partial charge is 0.352 e. The fourth-order valence-corrected chi connectivity index (χ4v) is 7.86. The molecule has 2 aliphatic rings. The molecule has 1 saturated heterocycles. The van der Waals surface area contributed by atoms with Gasteiger partial charge in [-0.3, -0.25) is 14.5 Å². The first-order chi connectivity index (χ1) is 16.5. The number of nitrogens with one attached hydrogen (secondary N) is 1. The molecule has 0 aromatic carbocycles. The summed E-state index contributed by atoms with van der Waals surface area (Å²) >= 11 is 3.09. The summed E-state index contributed by atoms with van der Waals surface area (Å²) in [5.74, 6) is -3.53. The summed E-state index contributed by atoms with van der Waals surface area (Å²) in [5, 5.41) is 24.7. The number of thioether (sulfide) groups is 1.